The van der Waals surface area contributed by atoms with Crippen LogP contribution in [0.2, 0.25) is 0 Å². The summed E-state index contributed by atoms with van der Waals surface area (Å²) in [6.07, 6.45) is -0.798. The second-order valence-corrected chi connectivity index (χ2v) is 8.39. The first-order valence-corrected chi connectivity index (χ1v) is 10.2. The Balaban J connectivity index is 1.47. The highest BCUT2D eigenvalue weighted by Gasteiger charge is 2.29. The first-order valence-electron chi connectivity index (χ1n) is 9.42. The van der Waals surface area contributed by atoms with Crippen molar-refractivity contribution < 1.29 is 19.4 Å². The molecule has 0 saturated heterocycles. The molecule has 1 aliphatic carbocycles. The van der Waals surface area contributed by atoms with Crippen molar-refractivity contribution in [2.45, 2.75) is 25.3 Å². The van der Waals surface area contributed by atoms with Gasteiger partial charge in [-0.2, -0.15) is 0 Å². The molecule has 2 aromatic carbocycles. The molecule has 4 rings (SSSR count). The Labute approximate surface area is 173 Å². The van der Waals surface area contributed by atoms with Crippen molar-refractivity contribution in [1.29, 1.82) is 0 Å². The Morgan fingerprint density at radius 3 is 2.21 bits per heavy atom. The van der Waals surface area contributed by atoms with Crippen LogP contribution in [0, 0.1) is 6.92 Å². The Hall–Kier alpha value is -3.12. The first-order chi connectivity index (χ1) is 14.0. The average molecular weight is 407 g/mol. The van der Waals surface area contributed by atoms with Crippen molar-refractivity contribution in [1.82, 2.24) is 5.32 Å². The third kappa shape index (κ3) is 4.03. The standard InChI is InChI=1S/C23H21NO4S/c1-14-10-11-21(29-14)20(12-22(25)26)24-23(27)28-13-19-17-8-4-2-6-15(17)16-7-3-5-9-18(16)19/h2-11,19-20H,12-13H2,1H3,(H,24,27)(H,25,26)/t20-/m0/s1. The number of carboxylic acid groups (broad SMARTS) is 1. The summed E-state index contributed by atoms with van der Waals surface area (Å²) in [7, 11) is 0. The van der Waals surface area contributed by atoms with Crippen molar-refractivity contribution in [3.63, 3.8) is 0 Å². The van der Waals surface area contributed by atoms with Gasteiger partial charge in [-0.15, -0.1) is 11.3 Å². The molecule has 6 heteroatoms. The van der Waals surface area contributed by atoms with Crippen LogP contribution < -0.4 is 5.32 Å². The van der Waals surface area contributed by atoms with E-state index in [4.69, 9.17) is 4.74 Å². The normalized spacial score (nSPS) is 13.4. The SMILES string of the molecule is Cc1ccc([C@H](CC(=O)O)NC(=O)OCC2c3ccccc3-c3ccccc32)s1. The molecule has 29 heavy (non-hydrogen) atoms. The Morgan fingerprint density at radius 1 is 1.03 bits per heavy atom. The lowest BCUT2D eigenvalue weighted by molar-refractivity contribution is -0.137. The van der Waals surface area contributed by atoms with Gasteiger partial charge in [-0.25, -0.2) is 4.79 Å². The molecular weight excluding hydrogens is 386 g/mol. The van der Waals surface area contributed by atoms with E-state index in [1.807, 2.05) is 43.3 Å². The summed E-state index contributed by atoms with van der Waals surface area (Å²) in [6.45, 7) is 2.14. The number of thiophene rings is 1. The summed E-state index contributed by atoms with van der Waals surface area (Å²) in [5.74, 6) is -1.00. The van der Waals surface area contributed by atoms with Crippen molar-refractivity contribution in [2.24, 2.45) is 0 Å². The number of alkyl carbamates (subject to hydrolysis) is 1. The number of ether oxygens (including phenoxy) is 1. The van der Waals surface area contributed by atoms with Crippen LogP contribution in [0.15, 0.2) is 60.7 Å². The number of hydrogen-bond donors (Lipinski definition) is 2. The molecule has 0 fully saturated rings. The Kier molecular flexibility index (Phi) is 5.36. The van der Waals surface area contributed by atoms with E-state index < -0.39 is 18.1 Å². The van der Waals surface area contributed by atoms with Crippen molar-refractivity contribution in [3.05, 3.63) is 81.5 Å². The lowest BCUT2D eigenvalue weighted by atomic mass is 9.98. The van der Waals surface area contributed by atoms with Gasteiger partial charge in [0.05, 0.1) is 12.5 Å². The van der Waals surface area contributed by atoms with E-state index >= 15 is 0 Å². The predicted molar refractivity (Wildman–Crippen MR) is 112 cm³/mol. The highest BCUT2D eigenvalue weighted by Crippen LogP contribution is 2.44. The van der Waals surface area contributed by atoms with Gasteiger partial charge in [0.2, 0.25) is 0 Å². The van der Waals surface area contributed by atoms with Crippen LogP contribution in [0.1, 0.15) is 39.3 Å². The summed E-state index contributed by atoms with van der Waals surface area (Å²) in [4.78, 5) is 25.6. The number of carboxylic acids is 1. The molecule has 0 aliphatic heterocycles. The van der Waals surface area contributed by atoms with E-state index in [1.165, 1.54) is 11.3 Å². The number of aliphatic carboxylic acids is 1. The van der Waals surface area contributed by atoms with Gasteiger partial charge in [0.15, 0.2) is 0 Å². The summed E-state index contributed by atoms with van der Waals surface area (Å²) < 4.78 is 5.54. The van der Waals surface area contributed by atoms with E-state index in [1.54, 1.807) is 0 Å². The zero-order valence-electron chi connectivity index (χ0n) is 15.9. The van der Waals surface area contributed by atoms with Gasteiger partial charge in [-0.1, -0.05) is 48.5 Å². The van der Waals surface area contributed by atoms with Gasteiger partial charge < -0.3 is 15.2 Å². The van der Waals surface area contributed by atoms with E-state index in [-0.39, 0.29) is 18.9 Å². The summed E-state index contributed by atoms with van der Waals surface area (Å²) >= 11 is 1.47. The topological polar surface area (TPSA) is 75.6 Å². The molecule has 0 saturated carbocycles. The van der Waals surface area contributed by atoms with E-state index in [2.05, 4.69) is 29.6 Å². The van der Waals surface area contributed by atoms with Crippen LogP contribution in [-0.4, -0.2) is 23.8 Å². The molecule has 2 N–H and O–H groups in total. The largest absolute Gasteiger partial charge is 0.481 e. The van der Waals surface area contributed by atoms with Gasteiger partial charge in [0.25, 0.3) is 0 Å². The molecule has 0 spiro atoms. The third-order valence-electron chi connectivity index (χ3n) is 5.12. The maximum Gasteiger partial charge on any atom is 0.407 e. The summed E-state index contributed by atoms with van der Waals surface area (Å²) in [5, 5.41) is 11.9. The number of carbonyl (C=O) groups is 2. The molecule has 0 radical (unpaired) electrons. The third-order valence-corrected chi connectivity index (χ3v) is 6.23. The molecule has 148 valence electrons. The zero-order chi connectivity index (χ0) is 20.4. The van der Waals surface area contributed by atoms with Crippen molar-refractivity contribution >= 4 is 23.4 Å². The molecule has 1 aromatic heterocycles. The number of fused-ring (bicyclic) bond motifs is 3. The van der Waals surface area contributed by atoms with Gasteiger partial charge in [-0.05, 0) is 41.3 Å². The number of hydrogen-bond acceptors (Lipinski definition) is 4. The number of benzene rings is 2. The fraction of sp³-hybridized carbons (Fsp3) is 0.217. The summed E-state index contributed by atoms with van der Waals surface area (Å²) in [5.41, 5.74) is 4.60. The molecule has 0 unspecified atom stereocenters. The second-order valence-electron chi connectivity index (χ2n) is 7.07. The molecule has 0 bridgehead atoms. The molecule has 3 aromatic rings. The molecule has 5 nitrogen and oxygen atoms in total. The second kappa shape index (κ2) is 8.09. The van der Waals surface area contributed by atoms with E-state index in [0.717, 1.165) is 32.0 Å². The van der Waals surface area contributed by atoms with E-state index in [9.17, 15) is 14.7 Å². The van der Waals surface area contributed by atoms with Gasteiger partial charge in [0.1, 0.15) is 6.61 Å². The van der Waals surface area contributed by atoms with Crippen LogP contribution in [0.5, 0.6) is 0 Å². The number of aryl methyl sites for hydroxylation is 1. The highest BCUT2D eigenvalue weighted by atomic mass is 32.1. The monoisotopic (exact) mass is 407 g/mol. The van der Waals surface area contributed by atoms with Crippen molar-refractivity contribution in [2.75, 3.05) is 6.61 Å². The van der Waals surface area contributed by atoms with Gasteiger partial charge >= 0.3 is 12.1 Å². The fourth-order valence-corrected chi connectivity index (χ4v) is 4.75. The van der Waals surface area contributed by atoms with Gasteiger partial charge in [-0.3, -0.25) is 4.79 Å². The fourth-order valence-electron chi connectivity index (χ4n) is 3.82. The molecule has 1 atom stereocenters. The van der Waals surface area contributed by atoms with Crippen molar-refractivity contribution in [3.8, 4) is 11.1 Å². The quantitative estimate of drug-likeness (QED) is 0.595. The van der Waals surface area contributed by atoms with Crippen LogP contribution in [0.25, 0.3) is 11.1 Å². The van der Waals surface area contributed by atoms with Crippen LogP contribution in [0.4, 0.5) is 4.79 Å². The van der Waals surface area contributed by atoms with E-state index in [0.29, 0.717) is 0 Å². The maximum absolute atomic E-state index is 12.5. The first kappa shape index (κ1) is 19.2. The number of carbonyl (C=O) groups excluding carboxylic acids is 1. The Bertz CT molecular complexity index is 1010. The minimum atomic E-state index is -0.972. The minimum Gasteiger partial charge on any atom is -0.481 e. The molecule has 1 heterocycles. The molecule has 1 aliphatic rings. The minimum absolute atomic E-state index is 0.0324. The number of nitrogens with one attached hydrogen (secondary N) is 1. The predicted octanol–water partition coefficient (Wildman–Crippen LogP) is 5.11. The number of amides is 1. The zero-order valence-corrected chi connectivity index (χ0v) is 16.7. The smallest absolute Gasteiger partial charge is 0.407 e. The maximum atomic E-state index is 12.5. The lowest BCUT2D eigenvalue weighted by Gasteiger charge is -2.18. The lowest BCUT2D eigenvalue weighted by Crippen LogP contribution is -2.31. The van der Waals surface area contributed by atoms with Crippen LogP contribution in [0.3, 0.4) is 0 Å². The number of rotatable bonds is 6. The van der Waals surface area contributed by atoms with Crippen LogP contribution >= 0.6 is 11.3 Å². The molecule has 1 amide bonds. The average Bonchev–Trinajstić information content (AvgIpc) is 3.27. The van der Waals surface area contributed by atoms with Crippen LogP contribution in [-0.2, 0) is 9.53 Å². The highest BCUT2D eigenvalue weighted by molar-refractivity contribution is 7.12. The molecular formula is C23H21NO4S. The Morgan fingerprint density at radius 2 is 1.66 bits per heavy atom. The summed E-state index contributed by atoms with van der Waals surface area (Å²) in [6, 6.07) is 19.4. The van der Waals surface area contributed by atoms with Gasteiger partial charge in [0, 0.05) is 15.7 Å².